The number of carbonyl (C=O) groups excluding carboxylic acids is 1. The molecule has 0 bridgehead atoms. The Bertz CT molecular complexity index is 1170. The van der Waals surface area contributed by atoms with Gasteiger partial charge in [0.25, 0.3) is 5.91 Å². The highest BCUT2D eigenvalue weighted by molar-refractivity contribution is 5.92. The zero-order valence-electron chi connectivity index (χ0n) is 17.1. The Morgan fingerprint density at radius 3 is 3.06 bits per heavy atom. The first-order valence-electron chi connectivity index (χ1n) is 10.4. The molecule has 5 rings (SSSR count). The summed E-state index contributed by atoms with van der Waals surface area (Å²) < 4.78 is 13.6. The fourth-order valence-corrected chi connectivity index (χ4v) is 3.88. The van der Waals surface area contributed by atoms with E-state index in [2.05, 4.69) is 15.0 Å². The first-order valence-corrected chi connectivity index (χ1v) is 10.4. The number of nitrogens with zero attached hydrogens (tertiary/aromatic N) is 5. The molecule has 0 saturated carbocycles. The maximum absolute atomic E-state index is 13.0. The van der Waals surface area contributed by atoms with Crippen molar-refractivity contribution in [2.45, 2.75) is 32.1 Å². The summed E-state index contributed by atoms with van der Waals surface area (Å²) in [5.74, 6) is 0.355. The van der Waals surface area contributed by atoms with Crippen molar-refractivity contribution in [2.24, 2.45) is 0 Å². The SMILES string of the molecule is O=C(c1coc(Cn2cnc3ccccc32)n1)N1CCCC(OCc2cccnc2)C1. The van der Waals surface area contributed by atoms with Gasteiger partial charge >= 0.3 is 0 Å². The third kappa shape index (κ3) is 4.34. The summed E-state index contributed by atoms with van der Waals surface area (Å²) in [6, 6.07) is 11.8. The summed E-state index contributed by atoms with van der Waals surface area (Å²) in [6.07, 6.45) is 8.57. The molecule has 31 heavy (non-hydrogen) atoms. The van der Waals surface area contributed by atoms with Crippen molar-refractivity contribution in [3.05, 3.63) is 78.5 Å². The molecular formula is C23H23N5O3. The van der Waals surface area contributed by atoms with Crippen LogP contribution in [0.15, 0.2) is 65.8 Å². The minimum absolute atomic E-state index is 0.00147. The predicted octanol–water partition coefficient (Wildman–Crippen LogP) is 3.29. The predicted molar refractivity (Wildman–Crippen MR) is 113 cm³/mol. The van der Waals surface area contributed by atoms with Crippen LogP contribution in [0, 0.1) is 0 Å². The topological polar surface area (TPSA) is 86.3 Å². The summed E-state index contributed by atoms with van der Waals surface area (Å²) in [5.41, 5.74) is 3.26. The highest BCUT2D eigenvalue weighted by atomic mass is 16.5. The van der Waals surface area contributed by atoms with Crippen LogP contribution in [0.1, 0.15) is 34.8 Å². The van der Waals surface area contributed by atoms with Crippen LogP contribution in [-0.4, -0.2) is 49.5 Å². The first kappa shape index (κ1) is 19.4. The van der Waals surface area contributed by atoms with Crippen molar-refractivity contribution in [1.82, 2.24) is 24.4 Å². The summed E-state index contributed by atoms with van der Waals surface area (Å²) in [7, 11) is 0. The largest absolute Gasteiger partial charge is 0.446 e. The normalized spacial score (nSPS) is 16.6. The van der Waals surface area contributed by atoms with E-state index in [0.717, 1.165) is 29.4 Å². The van der Waals surface area contributed by atoms with Gasteiger partial charge in [-0.2, -0.15) is 0 Å². The van der Waals surface area contributed by atoms with Crippen molar-refractivity contribution in [2.75, 3.05) is 13.1 Å². The summed E-state index contributed by atoms with van der Waals surface area (Å²) in [6.45, 7) is 2.16. The molecule has 3 aromatic heterocycles. The Kier molecular flexibility index (Phi) is 5.45. The number of para-hydroxylation sites is 2. The van der Waals surface area contributed by atoms with Crippen LogP contribution in [0.3, 0.4) is 0 Å². The number of ether oxygens (including phenoxy) is 1. The number of benzene rings is 1. The van der Waals surface area contributed by atoms with E-state index in [1.54, 1.807) is 23.6 Å². The Hall–Kier alpha value is -3.52. The average Bonchev–Trinajstić information content (AvgIpc) is 3.46. The molecular weight excluding hydrogens is 394 g/mol. The van der Waals surface area contributed by atoms with E-state index in [4.69, 9.17) is 9.15 Å². The number of pyridine rings is 1. The van der Waals surface area contributed by atoms with E-state index in [1.165, 1.54) is 6.26 Å². The molecule has 1 aliphatic rings. The number of piperidine rings is 1. The molecule has 1 unspecified atom stereocenters. The van der Waals surface area contributed by atoms with E-state index in [1.807, 2.05) is 41.0 Å². The van der Waals surface area contributed by atoms with Crippen LogP contribution in [0.4, 0.5) is 0 Å². The van der Waals surface area contributed by atoms with Gasteiger partial charge in [0, 0.05) is 25.5 Å². The molecule has 8 heteroatoms. The van der Waals surface area contributed by atoms with Crippen LogP contribution >= 0.6 is 0 Å². The van der Waals surface area contributed by atoms with Crippen LogP contribution in [0.25, 0.3) is 11.0 Å². The van der Waals surface area contributed by atoms with Crippen LogP contribution in [-0.2, 0) is 17.9 Å². The Morgan fingerprint density at radius 1 is 1.23 bits per heavy atom. The number of likely N-dealkylation sites (tertiary alicyclic amines) is 1. The summed E-state index contributed by atoms with van der Waals surface area (Å²) in [4.78, 5) is 27.7. The Labute approximate surface area is 179 Å². The lowest BCUT2D eigenvalue weighted by Crippen LogP contribution is -2.43. The minimum atomic E-state index is -0.125. The second kappa shape index (κ2) is 8.69. The molecule has 1 atom stereocenters. The van der Waals surface area contributed by atoms with E-state index in [9.17, 15) is 4.79 Å². The number of imidazole rings is 1. The number of aromatic nitrogens is 4. The van der Waals surface area contributed by atoms with Crippen LogP contribution in [0.2, 0.25) is 0 Å². The number of oxazole rings is 1. The molecule has 1 aliphatic heterocycles. The molecule has 0 N–H and O–H groups in total. The molecule has 0 aliphatic carbocycles. The van der Waals surface area contributed by atoms with Crippen molar-refractivity contribution >= 4 is 16.9 Å². The lowest BCUT2D eigenvalue weighted by Gasteiger charge is -2.32. The maximum atomic E-state index is 13.0. The van der Waals surface area contributed by atoms with Gasteiger partial charge in [-0.3, -0.25) is 9.78 Å². The second-order valence-electron chi connectivity index (χ2n) is 7.68. The number of amides is 1. The van der Waals surface area contributed by atoms with Gasteiger partial charge in [0.15, 0.2) is 5.69 Å². The van der Waals surface area contributed by atoms with Gasteiger partial charge in [0.1, 0.15) is 12.8 Å². The van der Waals surface area contributed by atoms with Gasteiger partial charge in [0.05, 0.1) is 30.1 Å². The molecule has 0 spiro atoms. The molecule has 1 aromatic carbocycles. The minimum Gasteiger partial charge on any atom is -0.446 e. The highest BCUT2D eigenvalue weighted by Crippen LogP contribution is 2.18. The second-order valence-corrected chi connectivity index (χ2v) is 7.68. The van der Waals surface area contributed by atoms with Gasteiger partial charge in [-0.15, -0.1) is 0 Å². The quantitative estimate of drug-likeness (QED) is 0.479. The molecule has 1 amide bonds. The van der Waals surface area contributed by atoms with Crippen molar-refractivity contribution in [3.63, 3.8) is 0 Å². The molecule has 8 nitrogen and oxygen atoms in total. The van der Waals surface area contributed by atoms with Gasteiger partial charge in [-0.05, 0) is 36.6 Å². The summed E-state index contributed by atoms with van der Waals surface area (Å²) in [5, 5.41) is 0. The molecule has 1 saturated heterocycles. The van der Waals surface area contributed by atoms with Crippen molar-refractivity contribution in [3.8, 4) is 0 Å². The lowest BCUT2D eigenvalue weighted by atomic mass is 10.1. The smallest absolute Gasteiger partial charge is 0.275 e. The fourth-order valence-electron chi connectivity index (χ4n) is 3.88. The van der Waals surface area contributed by atoms with Crippen molar-refractivity contribution < 1.29 is 13.9 Å². The van der Waals surface area contributed by atoms with Gasteiger partial charge in [0.2, 0.25) is 5.89 Å². The third-order valence-electron chi connectivity index (χ3n) is 5.48. The third-order valence-corrected chi connectivity index (χ3v) is 5.48. The summed E-state index contributed by atoms with van der Waals surface area (Å²) >= 11 is 0. The van der Waals surface area contributed by atoms with Crippen molar-refractivity contribution in [1.29, 1.82) is 0 Å². The van der Waals surface area contributed by atoms with E-state index < -0.39 is 0 Å². The monoisotopic (exact) mass is 417 g/mol. The first-order chi connectivity index (χ1) is 15.3. The van der Waals surface area contributed by atoms with Crippen LogP contribution in [0.5, 0.6) is 0 Å². The van der Waals surface area contributed by atoms with E-state index >= 15 is 0 Å². The van der Waals surface area contributed by atoms with Gasteiger partial charge < -0.3 is 18.6 Å². The molecule has 4 heterocycles. The maximum Gasteiger partial charge on any atom is 0.275 e. The van der Waals surface area contributed by atoms with E-state index in [-0.39, 0.29) is 12.0 Å². The van der Waals surface area contributed by atoms with Gasteiger partial charge in [-0.1, -0.05) is 18.2 Å². The molecule has 4 aromatic rings. The van der Waals surface area contributed by atoms with E-state index in [0.29, 0.717) is 37.8 Å². The number of carbonyl (C=O) groups is 1. The fraction of sp³-hybridized carbons (Fsp3) is 0.304. The Morgan fingerprint density at radius 2 is 2.16 bits per heavy atom. The number of fused-ring (bicyclic) bond motifs is 1. The van der Waals surface area contributed by atoms with Crippen LogP contribution < -0.4 is 0 Å². The zero-order valence-corrected chi connectivity index (χ0v) is 17.1. The Balaban J connectivity index is 1.21. The standard InChI is InChI=1S/C23H23N5O3/c29-23(27-10-4-6-18(12-27)30-14-17-5-3-9-24-11-17)20-15-31-22(26-20)13-28-16-25-19-7-1-2-8-21(19)28/h1-3,5,7-9,11,15-16,18H,4,6,10,12-14H2. The zero-order chi connectivity index (χ0) is 21.0. The average molecular weight is 417 g/mol. The number of rotatable bonds is 6. The van der Waals surface area contributed by atoms with Gasteiger partial charge in [-0.25, -0.2) is 9.97 Å². The number of hydrogen-bond donors (Lipinski definition) is 0. The molecule has 158 valence electrons. The lowest BCUT2D eigenvalue weighted by molar-refractivity contribution is -0.00697. The molecule has 0 radical (unpaired) electrons. The highest BCUT2D eigenvalue weighted by Gasteiger charge is 2.27. The number of hydrogen-bond acceptors (Lipinski definition) is 6. The molecule has 1 fully saturated rings.